The topological polar surface area (TPSA) is 17.8 Å². The first-order valence-corrected chi connectivity index (χ1v) is 7.16. The fourth-order valence-corrected chi connectivity index (χ4v) is 2.56. The third-order valence-electron chi connectivity index (χ3n) is 3.36. The maximum absolute atomic E-state index is 13.5. The Labute approximate surface area is 119 Å². The number of fused-ring (bicyclic) bond motifs is 1. The van der Waals surface area contributed by atoms with E-state index in [-0.39, 0.29) is 11.4 Å². The minimum Gasteiger partial charge on any atom is -0.321 e. The van der Waals surface area contributed by atoms with E-state index in [2.05, 4.69) is 46.3 Å². The van der Waals surface area contributed by atoms with E-state index < -0.39 is 0 Å². The van der Waals surface area contributed by atoms with E-state index in [1.807, 2.05) is 0 Å². The lowest BCUT2D eigenvalue weighted by atomic mass is 10.0. The zero-order valence-corrected chi connectivity index (χ0v) is 12.9. The van der Waals surface area contributed by atoms with Crippen LogP contribution in [0.5, 0.6) is 0 Å². The Morgan fingerprint density at radius 1 is 1.44 bits per heavy atom. The molecule has 0 amide bonds. The van der Waals surface area contributed by atoms with Crippen LogP contribution < -0.4 is 0 Å². The van der Waals surface area contributed by atoms with Gasteiger partial charge < -0.3 is 4.57 Å². The highest BCUT2D eigenvalue weighted by Crippen LogP contribution is 2.31. The lowest BCUT2D eigenvalue weighted by molar-refractivity contribution is 0.344. The molecular weight excluding hydrogens is 319 g/mol. The highest BCUT2D eigenvalue weighted by atomic mass is 79.9. The summed E-state index contributed by atoms with van der Waals surface area (Å²) in [6.45, 7) is 6.37. The van der Waals surface area contributed by atoms with Gasteiger partial charge in [-0.1, -0.05) is 6.92 Å². The highest BCUT2D eigenvalue weighted by molar-refractivity contribution is 9.10. The molecule has 1 aromatic heterocycles. The molecule has 0 radical (unpaired) electrons. The monoisotopic (exact) mass is 332 g/mol. The first kappa shape index (κ1) is 13.8. The molecule has 0 saturated carbocycles. The number of hydrogen-bond donors (Lipinski definition) is 0. The Balaban J connectivity index is 2.81. The molecule has 0 fully saturated rings. The number of imidazole rings is 1. The van der Waals surface area contributed by atoms with Crippen molar-refractivity contribution in [2.45, 2.75) is 38.6 Å². The largest absolute Gasteiger partial charge is 0.321 e. The maximum atomic E-state index is 13.5. The van der Waals surface area contributed by atoms with Crippen LogP contribution in [0.15, 0.2) is 16.6 Å². The number of hydrogen-bond acceptors (Lipinski definition) is 1. The number of halogens is 3. The third kappa shape index (κ3) is 2.16. The van der Waals surface area contributed by atoms with E-state index in [1.165, 1.54) is 6.07 Å². The van der Waals surface area contributed by atoms with E-state index in [1.54, 1.807) is 6.07 Å². The second kappa shape index (κ2) is 4.82. The summed E-state index contributed by atoms with van der Waals surface area (Å²) in [5.74, 6) is 0.788. The summed E-state index contributed by atoms with van der Waals surface area (Å²) >= 11 is 9.18. The molecule has 0 bridgehead atoms. The lowest BCUT2D eigenvalue weighted by Gasteiger charge is -2.27. The van der Waals surface area contributed by atoms with E-state index in [0.717, 1.165) is 17.8 Å². The van der Waals surface area contributed by atoms with Crippen molar-refractivity contribution in [1.82, 2.24) is 9.55 Å². The zero-order valence-electron chi connectivity index (χ0n) is 10.6. The molecule has 2 nitrogen and oxygen atoms in total. The minimum atomic E-state index is -0.303. The lowest BCUT2D eigenvalue weighted by Crippen LogP contribution is -2.26. The Kier molecular flexibility index (Phi) is 3.70. The van der Waals surface area contributed by atoms with E-state index in [0.29, 0.717) is 15.9 Å². The first-order valence-electron chi connectivity index (χ1n) is 5.83. The molecule has 0 spiro atoms. The molecule has 0 atom stereocenters. The van der Waals surface area contributed by atoms with Crippen LogP contribution in [0.25, 0.3) is 11.0 Å². The second-order valence-corrected chi connectivity index (χ2v) is 6.04. The minimum absolute atomic E-state index is 0.101. The quantitative estimate of drug-likeness (QED) is 0.736. The fraction of sp³-hybridized carbons (Fsp3) is 0.462. The normalized spacial score (nSPS) is 12.3. The van der Waals surface area contributed by atoms with Crippen LogP contribution in [-0.2, 0) is 11.4 Å². The molecule has 1 aromatic carbocycles. The van der Waals surface area contributed by atoms with Crippen molar-refractivity contribution in [3.8, 4) is 0 Å². The summed E-state index contributed by atoms with van der Waals surface area (Å²) in [7, 11) is 0. The van der Waals surface area contributed by atoms with Gasteiger partial charge in [-0.15, -0.1) is 11.6 Å². The van der Waals surface area contributed by atoms with Crippen molar-refractivity contribution in [2.75, 3.05) is 0 Å². The van der Waals surface area contributed by atoms with Gasteiger partial charge in [0.2, 0.25) is 0 Å². The van der Waals surface area contributed by atoms with Crippen molar-refractivity contribution < 1.29 is 4.39 Å². The van der Waals surface area contributed by atoms with Gasteiger partial charge in [-0.3, -0.25) is 0 Å². The predicted molar refractivity (Wildman–Crippen MR) is 76.6 cm³/mol. The van der Waals surface area contributed by atoms with Crippen molar-refractivity contribution in [1.29, 1.82) is 0 Å². The van der Waals surface area contributed by atoms with Gasteiger partial charge in [-0.05, 0) is 42.3 Å². The van der Waals surface area contributed by atoms with Crippen LogP contribution in [0.2, 0.25) is 0 Å². The number of aromatic nitrogens is 2. The van der Waals surface area contributed by atoms with Gasteiger partial charge in [0.15, 0.2) is 0 Å². The molecule has 0 N–H and O–H groups in total. The molecule has 0 saturated heterocycles. The standard InChI is InChI=1S/C13H15BrClFN2/c1-4-13(2,3)18-11-5-8(14)9(16)6-10(11)17-12(18)7-15/h5-6H,4,7H2,1-3H3. The Bertz CT molecular complexity index is 592. The van der Waals surface area contributed by atoms with E-state index >= 15 is 0 Å². The summed E-state index contributed by atoms with van der Waals surface area (Å²) in [5.41, 5.74) is 1.45. The first-order chi connectivity index (χ1) is 8.40. The molecule has 0 aliphatic heterocycles. The van der Waals surface area contributed by atoms with Crippen molar-refractivity contribution in [2.24, 2.45) is 0 Å². The predicted octanol–water partition coefficient (Wildman–Crippen LogP) is 4.82. The summed E-state index contributed by atoms with van der Waals surface area (Å²) in [5, 5.41) is 0. The Morgan fingerprint density at radius 3 is 2.67 bits per heavy atom. The van der Waals surface area contributed by atoms with Gasteiger partial charge in [-0.25, -0.2) is 9.37 Å². The molecule has 98 valence electrons. The summed E-state index contributed by atoms with van der Waals surface area (Å²) < 4.78 is 16.1. The molecule has 0 unspecified atom stereocenters. The number of nitrogens with zero attached hydrogens (tertiary/aromatic N) is 2. The number of rotatable bonds is 3. The zero-order chi connectivity index (χ0) is 13.5. The van der Waals surface area contributed by atoms with Crippen LogP contribution in [0, 0.1) is 5.82 Å². The van der Waals surface area contributed by atoms with Crippen molar-refractivity contribution in [3.63, 3.8) is 0 Å². The smallest absolute Gasteiger partial charge is 0.139 e. The molecule has 18 heavy (non-hydrogen) atoms. The maximum Gasteiger partial charge on any atom is 0.139 e. The van der Waals surface area contributed by atoms with Crippen LogP contribution >= 0.6 is 27.5 Å². The van der Waals surface area contributed by atoms with Crippen molar-refractivity contribution >= 4 is 38.6 Å². The Hall–Kier alpha value is -0.610. The SMILES string of the molecule is CCC(C)(C)n1c(CCl)nc2cc(F)c(Br)cc21. The van der Waals surface area contributed by atoms with Crippen LogP contribution in [0.4, 0.5) is 4.39 Å². The van der Waals surface area contributed by atoms with E-state index in [9.17, 15) is 4.39 Å². The highest BCUT2D eigenvalue weighted by Gasteiger charge is 2.24. The molecular formula is C13H15BrClFN2. The van der Waals surface area contributed by atoms with Crippen molar-refractivity contribution in [3.05, 3.63) is 28.2 Å². The van der Waals surface area contributed by atoms with Crippen LogP contribution in [0.1, 0.15) is 33.0 Å². The average molecular weight is 334 g/mol. The Morgan fingerprint density at radius 2 is 2.11 bits per heavy atom. The number of alkyl halides is 1. The average Bonchev–Trinajstić information content (AvgIpc) is 2.68. The van der Waals surface area contributed by atoms with Gasteiger partial charge >= 0.3 is 0 Å². The van der Waals surface area contributed by atoms with Gasteiger partial charge in [0.25, 0.3) is 0 Å². The third-order valence-corrected chi connectivity index (χ3v) is 4.20. The summed E-state index contributed by atoms with van der Waals surface area (Å²) in [6.07, 6.45) is 0.942. The second-order valence-electron chi connectivity index (χ2n) is 4.92. The number of benzene rings is 1. The van der Waals surface area contributed by atoms with E-state index in [4.69, 9.17) is 11.6 Å². The van der Waals surface area contributed by atoms with Gasteiger partial charge in [0.05, 0.1) is 21.4 Å². The molecule has 0 aliphatic rings. The fourth-order valence-electron chi connectivity index (χ4n) is 2.05. The molecule has 2 aromatic rings. The summed E-state index contributed by atoms with van der Waals surface area (Å²) in [6, 6.07) is 3.21. The molecule has 2 rings (SSSR count). The summed E-state index contributed by atoms with van der Waals surface area (Å²) in [4.78, 5) is 4.42. The van der Waals surface area contributed by atoms with Gasteiger partial charge in [0.1, 0.15) is 11.6 Å². The molecule has 1 heterocycles. The molecule has 5 heteroatoms. The van der Waals surface area contributed by atoms with Crippen LogP contribution in [-0.4, -0.2) is 9.55 Å². The van der Waals surface area contributed by atoms with Gasteiger partial charge in [-0.2, -0.15) is 0 Å². The van der Waals surface area contributed by atoms with Crippen LogP contribution in [0.3, 0.4) is 0 Å². The van der Waals surface area contributed by atoms with Gasteiger partial charge in [0, 0.05) is 11.6 Å². The molecule has 0 aliphatic carbocycles.